The van der Waals surface area contributed by atoms with Crippen LogP contribution in [0.4, 0.5) is 0 Å². The number of hydrogen-bond donors (Lipinski definition) is 1. The first-order chi connectivity index (χ1) is 5.90. The van der Waals surface area contributed by atoms with E-state index in [4.69, 9.17) is 9.94 Å². The summed E-state index contributed by atoms with van der Waals surface area (Å²) in [6.07, 6.45) is 6.25. The first-order valence-electron chi connectivity index (χ1n) is 4.94. The number of rotatable bonds is 1. The molecule has 70 valence electrons. The normalized spacial score (nSPS) is 37.8. The lowest BCUT2D eigenvalue weighted by molar-refractivity contribution is -0.168. The van der Waals surface area contributed by atoms with Crippen LogP contribution in [0.25, 0.3) is 0 Å². The van der Waals surface area contributed by atoms with Crippen molar-refractivity contribution in [2.75, 3.05) is 13.2 Å². The van der Waals surface area contributed by atoms with E-state index in [1.165, 1.54) is 25.7 Å². The van der Waals surface area contributed by atoms with Crippen LogP contribution >= 0.6 is 0 Å². The van der Waals surface area contributed by atoms with Gasteiger partial charge in [-0.2, -0.15) is 5.06 Å². The van der Waals surface area contributed by atoms with Crippen molar-refractivity contribution in [3.8, 4) is 0 Å². The van der Waals surface area contributed by atoms with Crippen LogP contribution in [0.15, 0.2) is 0 Å². The van der Waals surface area contributed by atoms with Crippen molar-refractivity contribution in [3.05, 3.63) is 0 Å². The van der Waals surface area contributed by atoms with E-state index in [9.17, 15) is 0 Å². The third-order valence-electron chi connectivity index (χ3n) is 2.85. The van der Waals surface area contributed by atoms with E-state index in [1.54, 1.807) is 0 Å². The molecule has 3 heteroatoms. The molecule has 0 radical (unpaired) electrons. The van der Waals surface area contributed by atoms with E-state index >= 15 is 0 Å². The van der Waals surface area contributed by atoms with Crippen LogP contribution in [0.3, 0.4) is 0 Å². The highest BCUT2D eigenvalue weighted by Crippen LogP contribution is 2.27. The molecule has 3 nitrogen and oxygen atoms in total. The minimum Gasteiger partial charge on any atom is -0.394 e. The van der Waals surface area contributed by atoms with Gasteiger partial charge in [-0.3, -0.25) is 4.84 Å². The van der Waals surface area contributed by atoms with Crippen molar-refractivity contribution in [2.45, 2.75) is 44.2 Å². The van der Waals surface area contributed by atoms with Crippen molar-refractivity contribution in [1.29, 1.82) is 0 Å². The fourth-order valence-corrected chi connectivity index (χ4v) is 2.17. The minimum absolute atomic E-state index is 0.0769. The molecule has 12 heavy (non-hydrogen) atoms. The number of fused-ring (bicyclic) bond motifs is 1. The molecule has 2 aliphatic rings. The number of aliphatic hydroxyl groups excluding tert-OH is 1. The Bertz CT molecular complexity index is 137. The minimum atomic E-state index is 0.0769. The Morgan fingerprint density at radius 2 is 2.25 bits per heavy atom. The Morgan fingerprint density at radius 3 is 3.08 bits per heavy atom. The predicted octanol–water partition coefficient (Wildman–Crippen LogP) is 0.927. The van der Waals surface area contributed by atoms with E-state index in [0.717, 1.165) is 13.0 Å². The van der Waals surface area contributed by atoms with E-state index < -0.39 is 0 Å². The molecule has 0 spiro atoms. The molecule has 2 aliphatic heterocycles. The second-order valence-corrected chi connectivity index (χ2v) is 3.79. The fourth-order valence-electron chi connectivity index (χ4n) is 2.17. The van der Waals surface area contributed by atoms with Gasteiger partial charge in [-0.1, -0.05) is 12.8 Å². The highest BCUT2D eigenvalue weighted by atomic mass is 16.7. The van der Waals surface area contributed by atoms with Gasteiger partial charge in [0.1, 0.15) is 6.10 Å². The summed E-state index contributed by atoms with van der Waals surface area (Å²) in [7, 11) is 0. The van der Waals surface area contributed by atoms with Gasteiger partial charge in [-0.05, 0) is 19.3 Å². The molecule has 0 aromatic carbocycles. The average Bonchev–Trinajstić information content (AvgIpc) is 2.37. The monoisotopic (exact) mass is 171 g/mol. The Morgan fingerprint density at radius 1 is 1.33 bits per heavy atom. The van der Waals surface area contributed by atoms with Gasteiger partial charge in [0.25, 0.3) is 0 Å². The zero-order valence-corrected chi connectivity index (χ0v) is 7.41. The fraction of sp³-hybridized carbons (Fsp3) is 1.00. The second kappa shape index (κ2) is 3.73. The zero-order chi connectivity index (χ0) is 8.39. The lowest BCUT2D eigenvalue weighted by atomic mass is 10.1. The van der Waals surface area contributed by atoms with Crippen LogP contribution in [-0.4, -0.2) is 35.5 Å². The van der Waals surface area contributed by atoms with Crippen LogP contribution in [0.1, 0.15) is 32.1 Å². The quantitative estimate of drug-likeness (QED) is 0.637. The lowest BCUT2D eigenvalue weighted by Crippen LogP contribution is -2.27. The van der Waals surface area contributed by atoms with Crippen LogP contribution < -0.4 is 0 Å². The van der Waals surface area contributed by atoms with Crippen molar-refractivity contribution in [2.24, 2.45) is 0 Å². The van der Waals surface area contributed by atoms with Crippen molar-refractivity contribution >= 4 is 0 Å². The smallest absolute Gasteiger partial charge is 0.104 e. The standard InChI is InChI=1S/C9H17NO2/c11-7-9-6-8-4-2-1-3-5-10(8)12-9/h8-9,11H,1-7H2/t8-,9+/m1/s1. The first-order valence-corrected chi connectivity index (χ1v) is 4.94. The molecule has 0 saturated carbocycles. The summed E-state index contributed by atoms with van der Waals surface area (Å²) in [5, 5.41) is 11.0. The van der Waals surface area contributed by atoms with Crippen LogP contribution in [0.5, 0.6) is 0 Å². The highest BCUT2D eigenvalue weighted by molar-refractivity contribution is 4.79. The molecule has 2 saturated heterocycles. The average molecular weight is 171 g/mol. The summed E-state index contributed by atoms with van der Waals surface area (Å²) in [5.74, 6) is 0. The number of hydrogen-bond acceptors (Lipinski definition) is 3. The Kier molecular flexibility index (Phi) is 2.63. The number of aliphatic hydroxyl groups is 1. The van der Waals surface area contributed by atoms with Gasteiger partial charge in [0.2, 0.25) is 0 Å². The Balaban J connectivity index is 1.92. The van der Waals surface area contributed by atoms with Gasteiger partial charge in [0, 0.05) is 12.6 Å². The third-order valence-corrected chi connectivity index (χ3v) is 2.85. The second-order valence-electron chi connectivity index (χ2n) is 3.79. The van der Waals surface area contributed by atoms with E-state index in [2.05, 4.69) is 5.06 Å². The molecule has 0 aromatic rings. The Labute approximate surface area is 73.3 Å². The van der Waals surface area contributed by atoms with E-state index in [-0.39, 0.29) is 12.7 Å². The molecule has 2 rings (SSSR count). The van der Waals surface area contributed by atoms with Crippen molar-refractivity contribution < 1.29 is 9.94 Å². The van der Waals surface area contributed by atoms with Gasteiger partial charge < -0.3 is 5.11 Å². The maximum atomic E-state index is 8.93. The molecule has 0 amide bonds. The van der Waals surface area contributed by atoms with Crippen LogP contribution in [-0.2, 0) is 4.84 Å². The predicted molar refractivity (Wildman–Crippen MR) is 45.5 cm³/mol. The molecule has 0 unspecified atom stereocenters. The van der Waals surface area contributed by atoms with Gasteiger partial charge in [-0.25, -0.2) is 0 Å². The highest BCUT2D eigenvalue weighted by Gasteiger charge is 2.33. The summed E-state index contributed by atoms with van der Waals surface area (Å²) in [6, 6.07) is 0.588. The summed E-state index contributed by atoms with van der Waals surface area (Å²) in [5.41, 5.74) is 0. The topological polar surface area (TPSA) is 32.7 Å². The lowest BCUT2D eigenvalue weighted by Gasteiger charge is -2.18. The van der Waals surface area contributed by atoms with Crippen molar-refractivity contribution in [1.82, 2.24) is 5.06 Å². The number of nitrogens with zero attached hydrogens (tertiary/aromatic N) is 1. The van der Waals surface area contributed by atoms with Gasteiger partial charge in [0.15, 0.2) is 0 Å². The molecule has 2 heterocycles. The zero-order valence-electron chi connectivity index (χ0n) is 7.41. The largest absolute Gasteiger partial charge is 0.394 e. The summed E-state index contributed by atoms with van der Waals surface area (Å²) >= 11 is 0. The molecule has 2 fully saturated rings. The molecular weight excluding hydrogens is 154 g/mol. The summed E-state index contributed by atoms with van der Waals surface area (Å²) in [6.45, 7) is 1.23. The van der Waals surface area contributed by atoms with E-state index in [0.29, 0.717) is 6.04 Å². The molecule has 1 N–H and O–H groups in total. The summed E-state index contributed by atoms with van der Waals surface area (Å²) < 4.78 is 0. The maximum absolute atomic E-state index is 8.93. The van der Waals surface area contributed by atoms with E-state index in [1.807, 2.05) is 0 Å². The van der Waals surface area contributed by atoms with Crippen LogP contribution in [0, 0.1) is 0 Å². The summed E-state index contributed by atoms with van der Waals surface area (Å²) in [4.78, 5) is 5.58. The van der Waals surface area contributed by atoms with Crippen LogP contribution in [0.2, 0.25) is 0 Å². The Hall–Kier alpha value is -0.120. The third kappa shape index (κ3) is 1.63. The van der Waals surface area contributed by atoms with Crippen molar-refractivity contribution in [3.63, 3.8) is 0 Å². The van der Waals surface area contributed by atoms with Gasteiger partial charge >= 0.3 is 0 Å². The molecule has 0 aromatic heterocycles. The van der Waals surface area contributed by atoms with Gasteiger partial charge in [0.05, 0.1) is 6.61 Å². The molecule has 0 bridgehead atoms. The SMILES string of the molecule is OC[C@@H]1C[C@H]2CCCCCN2O1. The number of hydroxylamine groups is 2. The van der Waals surface area contributed by atoms with Gasteiger partial charge in [-0.15, -0.1) is 0 Å². The maximum Gasteiger partial charge on any atom is 0.104 e. The molecule has 2 atom stereocenters. The molecule has 0 aliphatic carbocycles. The molecular formula is C9H17NO2. The first kappa shape index (κ1) is 8.48.